The third-order valence-electron chi connectivity index (χ3n) is 22.2. The predicted molar refractivity (Wildman–Crippen MR) is 462 cm³/mol. The van der Waals surface area contributed by atoms with E-state index in [9.17, 15) is 38.4 Å². The van der Waals surface area contributed by atoms with Gasteiger partial charge in [0, 0.05) is 82.7 Å². The van der Waals surface area contributed by atoms with Crippen molar-refractivity contribution in [2.24, 2.45) is 17.8 Å². The van der Waals surface area contributed by atoms with Crippen LogP contribution in [0.25, 0.3) is 77.2 Å². The van der Waals surface area contributed by atoms with E-state index in [1.807, 2.05) is 90.2 Å². The Labute approximate surface area is 695 Å². The molecule has 0 radical (unpaired) electrons. The number of H-pyrrole nitrogens is 3. The second-order valence-corrected chi connectivity index (χ2v) is 33.8. The number of aromatic carboxylic acids is 1. The van der Waals surface area contributed by atoms with Crippen LogP contribution >= 0.6 is 0 Å². The van der Waals surface area contributed by atoms with Crippen molar-refractivity contribution in [1.82, 2.24) is 83.9 Å². The number of pyridine rings is 2. The third-order valence-corrected chi connectivity index (χ3v) is 22.2. The third kappa shape index (κ3) is 22.3. The second kappa shape index (κ2) is 38.1. The van der Waals surface area contributed by atoms with Gasteiger partial charge in [-0.2, -0.15) is 0 Å². The van der Waals surface area contributed by atoms with Gasteiger partial charge in [-0.25, -0.2) is 48.4 Å². The topological polar surface area (TPSA) is 348 Å². The fourth-order valence-corrected chi connectivity index (χ4v) is 15.3. The van der Waals surface area contributed by atoms with Gasteiger partial charge in [-0.05, 0) is 300 Å². The van der Waals surface area contributed by atoms with Crippen LogP contribution in [-0.4, -0.2) is 229 Å². The number of amides is 1. The fraction of sp³-hybridized carbons (Fsp3) is 0.380. The van der Waals surface area contributed by atoms with Gasteiger partial charge in [-0.15, -0.1) is 0 Å². The van der Waals surface area contributed by atoms with E-state index in [0.29, 0.717) is 98.1 Å². The minimum Gasteiger partial charge on any atom is -0.478 e. The van der Waals surface area contributed by atoms with E-state index in [-0.39, 0.29) is 46.5 Å². The van der Waals surface area contributed by atoms with E-state index in [1.165, 1.54) is 34.2 Å². The van der Waals surface area contributed by atoms with Gasteiger partial charge >= 0.3 is 18.2 Å². The first-order chi connectivity index (χ1) is 57.5. The van der Waals surface area contributed by atoms with Crippen LogP contribution in [0.15, 0.2) is 171 Å². The summed E-state index contributed by atoms with van der Waals surface area (Å²) in [6.45, 7) is 19.3. The van der Waals surface area contributed by atoms with E-state index in [0.717, 1.165) is 148 Å². The number of Topliss-reactive ketones (excluding diaryl/α,β-unsaturated/α-hetero) is 3. The van der Waals surface area contributed by atoms with Crippen LogP contribution in [0.2, 0.25) is 0 Å². The fourth-order valence-electron chi connectivity index (χ4n) is 15.3. The van der Waals surface area contributed by atoms with Crippen LogP contribution < -0.4 is 5.32 Å². The molecule has 4 fully saturated rings. The number of carbonyl (C=O) groups is 8. The number of aromatic nitrogens is 12. The average Bonchev–Trinajstić information content (AvgIpc) is 1.33. The summed E-state index contributed by atoms with van der Waals surface area (Å²) in [7, 11) is 8.47. The van der Waals surface area contributed by atoms with E-state index < -0.39 is 29.4 Å². The number of carboxylic acid groups (broad SMARTS) is 1. The van der Waals surface area contributed by atoms with Gasteiger partial charge in [0.15, 0.2) is 23.2 Å². The van der Waals surface area contributed by atoms with Crippen molar-refractivity contribution in [1.29, 1.82) is 0 Å². The van der Waals surface area contributed by atoms with Gasteiger partial charge in [0.25, 0.3) is 5.91 Å². The molecule has 0 bridgehead atoms. The number of ether oxygens (including phenoxy) is 2. The first kappa shape index (κ1) is 85.5. The maximum atomic E-state index is 13.4. The Balaban J connectivity index is 0.000000135. The summed E-state index contributed by atoms with van der Waals surface area (Å²) in [5.41, 5.74) is 10.9. The molecule has 7 aromatic heterocycles. The molecular weight excluding hydrogens is 1520 g/mol. The van der Waals surface area contributed by atoms with Crippen molar-refractivity contribution >= 4 is 113 Å². The summed E-state index contributed by atoms with van der Waals surface area (Å²) in [6.07, 6.45) is 20.5. The van der Waals surface area contributed by atoms with Crippen LogP contribution in [0.3, 0.4) is 0 Å². The zero-order valence-electron chi connectivity index (χ0n) is 69.8. The Bertz CT molecular complexity index is 5850. The van der Waals surface area contributed by atoms with Gasteiger partial charge in [0.1, 0.15) is 23.9 Å². The molecule has 4 saturated heterocycles. The Morgan fingerprint density at radius 1 is 0.458 bits per heavy atom. The molecule has 11 heterocycles. The van der Waals surface area contributed by atoms with Crippen molar-refractivity contribution in [3.05, 3.63) is 210 Å². The summed E-state index contributed by atoms with van der Waals surface area (Å²) in [6, 6.07) is 38.0. The number of hydrogen-bond acceptors (Lipinski definition) is 21. The number of rotatable bonds is 15. The van der Waals surface area contributed by atoms with Crippen LogP contribution in [0.5, 0.6) is 0 Å². The maximum Gasteiger partial charge on any atom is 0.420 e. The molecule has 1 amide bonds. The van der Waals surface area contributed by atoms with Gasteiger partial charge in [-0.3, -0.25) is 33.9 Å². The molecule has 4 aliphatic rings. The van der Waals surface area contributed by atoms with Crippen LogP contribution in [0.4, 0.5) is 9.59 Å². The van der Waals surface area contributed by atoms with Gasteiger partial charge in [-0.1, -0.05) is 24.3 Å². The summed E-state index contributed by atoms with van der Waals surface area (Å²) in [5, 5.41) is 13.8. The normalized spacial score (nSPS) is 15.7. The highest BCUT2D eigenvalue weighted by molar-refractivity contribution is 6.09. The van der Waals surface area contributed by atoms with Gasteiger partial charge < -0.3 is 54.4 Å². The first-order valence-electron chi connectivity index (χ1n) is 41.0. The number of piperidine rings is 4. The lowest BCUT2D eigenvalue weighted by Crippen LogP contribution is -2.43. The molecule has 0 unspecified atom stereocenters. The second-order valence-electron chi connectivity index (χ2n) is 33.8. The number of ketones is 4. The van der Waals surface area contributed by atoms with Crippen LogP contribution in [0.1, 0.15) is 180 Å². The summed E-state index contributed by atoms with van der Waals surface area (Å²) >= 11 is 0. The number of hydrogen-bond donors (Lipinski definition) is 5. The van der Waals surface area contributed by atoms with Gasteiger partial charge in [0.05, 0.1) is 79.1 Å². The van der Waals surface area contributed by atoms with E-state index in [4.69, 9.17) is 14.6 Å². The lowest BCUT2D eigenvalue weighted by Gasteiger charge is -2.29. The smallest absolute Gasteiger partial charge is 0.420 e. The molecule has 28 nitrogen and oxygen atoms in total. The number of benzene rings is 6. The monoisotopic (exact) mass is 1620 g/mol. The van der Waals surface area contributed by atoms with E-state index in [2.05, 4.69) is 103 Å². The molecule has 4 aliphatic heterocycles. The molecule has 120 heavy (non-hydrogen) atoms. The molecule has 0 atom stereocenters. The number of imidazole rings is 5. The van der Waals surface area contributed by atoms with Crippen molar-refractivity contribution < 1.29 is 52.9 Å². The number of fused-ring (bicyclic) bond motifs is 6. The van der Waals surface area contributed by atoms with E-state index >= 15 is 0 Å². The number of carboxylic acids is 1. The van der Waals surface area contributed by atoms with Crippen LogP contribution in [-0.2, 0) is 9.47 Å². The molecule has 0 saturated carbocycles. The molecule has 17 rings (SSSR count). The highest BCUT2D eigenvalue weighted by atomic mass is 16.6. The molecule has 5 N–H and O–H groups in total. The van der Waals surface area contributed by atoms with E-state index in [1.54, 1.807) is 97.6 Å². The van der Waals surface area contributed by atoms with Crippen LogP contribution in [0, 0.1) is 17.8 Å². The van der Waals surface area contributed by atoms with Crippen molar-refractivity contribution in [3.8, 4) is 11.3 Å². The predicted octanol–water partition coefficient (Wildman–Crippen LogP) is 15.4. The minimum absolute atomic E-state index is 0.110. The number of likely N-dealkylation sites (tertiary alicyclic amines) is 4. The highest BCUT2D eigenvalue weighted by Gasteiger charge is 2.28. The molecule has 0 spiro atoms. The molecule has 0 aliphatic carbocycles. The average molecular weight is 1620 g/mol. The zero-order chi connectivity index (χ0) is 84.9. The molecule has 6 aromatic carbocycles. The quantitative estimate of drug-likeness (QED) is 0.0595. The summed E-state index contributed by atoms with van der Waals surface area (Å²) in [5.74, 6) is 0.895. The molecule has 28 heteroatoms. The number of nitrogens with one attached hydrogen (secondary N) is 4. The number of nitrogens with zero attached hydrogens (tertiary/aromatic N) is 13. The van der Waals surface area contributed by atoms with Gasteiger partial charge in [0.2, 0.25) is 5.78 Å². The Morgan fingerprint density at radius 3 is 1.48 bits per heavy atom. The Hall–Kier alpha value is -12.4. The summed E-state index contributed by atoms with van der Waals surface area (Å²) < 4.78 is 13.6. The minimum atomic E-state index is -0.925. The number of carbonyl (C=O) groups excluding carboxylic acids is 7. The zero-order valence-corrected chi connectivity index (χ0v) is 69.8. The lowest BCUT2D eigenvalue weighted by molar-refractivity contribution is 0.0532. The molecular formula is C92H105N17O11. The number of aromatic amines is 3. The largest absolute Gasteiger partial charge is 0.478 e. The standard InChI is InChI=1S/C29H26N6O2.2C20H27N3O3.C15H19N3O.C8H6N2O2/c1-35-12-9-21(10-13-35)32-29(37)19-6-7-24-26(15-19)34-28(33-24)27(36)18-8-11-31-25(14-18)23-17-30-16-20-4-2-3-5-22(20)23;1-20(2,3)26-19(25)23-13-21-16-12-15(5-6-17(16)23)18(24)11-14-7-9-22(4)10-8-14;1-20(2,3)26-19(25)23-13-21-16-6-5-15(12-17(16)23)18(24)11-14-7-9-22(4)10-8-14;1-18-6-4-11(5-7-18)8-15(19)12-2-3-13-14(9-12)17-10-16-13;11-8(12)5-1-2-6-7(3-5)10-4-9-6/h2-8,11,14-17,21H,9-10,12-13H2,1H3,(H,32,37)(H,33,34);2*5-6,12-14H,7-11H2,1-4H3;2-3,9-11H,4-8H2,1H3,(H,16,17);1-4H,(H,9,10)(H,11,12). The highest BCUT2D eigenvalue weighted by Crippen LogP contribution is 2.31. The maximum absolute atomic E-state index is 13.4. The lowest BCUT2D eigenvalue weighted by atomic mass is 9.90. The van der Waals surface area contributed by atoms with Crippen molar-refractivity contribution in [2.75, 3.05) is 80.5 Å². The first-order valence-corrected chi connectivity index (χ1v) is 41.0. The van der Waals surface area contributed by atoms with Crippen molar-refractivity contribution in [3.63, 3.8) is 0 Å². The molecule has 624 valence electrons. The summed E-state index contributed by atoms with van der Waals surface area (Å²) in [4.78, 5) is 147. The Morgan fingerprint density at radius 2 is 0.925 bits per heavy atom. The molecule has 13 aromatic rings. The SMILES string of the molecule is CN1CCC(CC(=O)c2ccc3c(c2)ncn3C(=O)OC(C)(C)C)CC1.CN1CCC(CC(=O)c2ccc3nc[nH]c3c2)CC1.CN1CCC(CC(=O)c2ccc3ncn(C(=O)OC(C)(C)C)c3c2)CC1.CN1CCC(NC(=O)c2ccc3nc(C(=O)c4ccnc(-c5cncc6ccccc56)c4)[nH]c3c2)CC1.O=C(O)c1ccc2nc[nH]c2c1. The van der Waals surface area contributed by atoms with Crippen molar-refractivity contribution in [2.45, 2.75) is 129 Å². The Kier molecular flexibility index (Phi) is 27.2.